The second kappa shape index (κ2) is 9.63. The van der Waals surface area contributed by atoms with Gasteiger partial charge in [0, 0.05) is 23.5 Å². The Bertz CT molecular complexity index is 1240. The molecule has 0 bridgehead atoms. The number of aryl methyl sites for hydroxylation is 2. The molecule has 4 rings (SSSR count). The molecule has 0 saturated heterocycles. The summed E-state index contributed by atoms with van der Waals surface area (Å²) in [6.45, 7) is 5.89. The van der Waals surface area contributed by atoms with Crippen molar-refractivity contribution in [3.63, 3.8) is 0 Å². The van der Waals surface area contributed by atoms with E-state index in [4.69, 9.17) is 14.7 Å². The molecule has 0 unspecified atom stereocenters. The van der Waals surface area contributed by atoms with E-state index in [1.54, 1.807) is 30.6 Å². The molecule has 0 aliphatic carbocycles. The molecule has 7 heteroatoms. The largest absolute Gasteiger partial charge is 0.497 e. The standard InChI is InChI=1S/C25H27FN4OS/c1-16-17(2)32-25-23(16)24(27-13-19-9-5-6-11-21(19)26)28-22(29-25)15-30(3)14-18-8-7-10-20(12-18)31-4/h5-12H,13-15H2,1-4H3,(H,27,28,29). The quantitative estimate of drug-likeness (QED) is 0.373. The number of fused-ring (bicyclic) bond motifs is 1. The zero-order valence-electron chi connectivity index (χ0n) is 18.8. The number of rotatable bonds is 8. The number of benzene rings is 2. The smallest absolute Gasteiger partial charge is 0.146 e. The van der Waals surface area contributed by atoms with Gasteiger partial charge in [0.2, 0.25) is 0 Å². The number of hydrogen-bond donors (Lipinski definition) is 1. The number of nitrogens with zero attached hydrogens (tertiary/aromatic N) is 3. The highest BCUT2D eigenvalue weighted by Crippen LogP contribution is 2.33. The van der Waals surface area contributed by atoms with Crippen molar-refractivity contribution in [2.75, 3.05) is 19.5 Å². The molecule has 0 atom stereocenters. The molecule has 0 aliphatic heterocycles. The van der Waals surface area contributed by atoms with Crippen molar-refractivity contribution in [3.8, 4) is 5.75 Å². The highest BCUT2D eigenvalue weighted by atomic mass is 32.1. The molecule has 0 fully saturated rings. The van der Waals surface area contributed by atoms with E-state index < -0.39 is 0 Å². The van der Waals surface area contributed by atoms with Crippen LogP contribution in [0.5, 0.6) is 5.75 Å². The van der Waals surface area contributed by atoms with Crippen molar-refractivity contribution in [2.45, 2.75) is 33.5 Å². The van der Waals surface area contributed by atoms with E-state index in [0.717, 1.165) is 45.3 Å². The van der Waals surface area contributed by atoms with E-state index in [0.29, 0.717) is 18.7 Å². The molecular weight excluding hydrogens is 423 g/mol. The number of methoxy groups -OCH3 is 1. The molecule has 0 saturated carbocycles. The Morgan fingerprint density at radius 2 is 1.88 bits per heavy atom. The molecular formula is C25H27FN4OS. The lowest BCUT2D eigenvalue weighted by atomic mass is 10.2. The first-order valence-corrected chi connectivity index (χ1v) is 11.3. The number of halogens is 1. The fourth-order valence-electron chi connectivity index (χ4n) is 3.69. The van der Waals surface area contributed by atoms with Gasteiger partial charge < -0.3 is 10.1 Å². The van der Waals surface area contributed by atoms with Crippen LogP contribution in [0.3, 0.4) is 0 Å². The second-order valence-electron chi connectivity index (χ2n) is 7.92. The SMILES string of the molecule is COc1cccc(CN(C)Cc2nc(NCc3ccccc3F)c3c(C)c(C)sc3n2)c1. The van der Waals surface area contributed by atoms with Crippen LogP contribution >= 0.6 is 11.3 Å². The number of hydrogen-bond acceptors (Lipinski definition) is 6. The van der Waals surface area contributed by atoms with Gasteiger partial charge in [-0.3, -0.25) is 4.90 Å². The van der Waals surface area contributed by atoms with E-state index in [1.165, 1.54) is 10.9 Å². The first-order chi connectivity index (χ1) is 15.4. The fourth-order valence-corrected chi connectivity index (χ4v) is 4.74. The average Bonchev–Trinajstić information content (AvgIpc) is 3.06. The minimum Gasteiger partial charge on any atom is -0.497 e. The number of nitrogens with one attached hydrogen (secondary N) is 1. The lowest BCUT2D eigenvalue weighted by Gasteiger charge is -2.17. The van der Waals surface area contributed by atoms with Gasteiger partial charge in [-0.2, -0.15) is 0 Å². The number of thiophene rings is 1. The van der Waals surface area contributed by atoms with E-state index >= 15 is 0 Å². The monoisotopic (exact) mass is 450 g/mol. The number of anilines is 1. The number of ether oxygens (including phenoxy) is 1. The summed E-state index contributed by atoms with van der Waals surface area (Å²) >= 11 is 1.67. The van der Waals surface area contributed by atoms with Gasteiger partial charge in [0.15, 0.2) is 0 Å². The van der Waals surface area contributed by atoms with Crippen LogP contribution in [-0.2, 0) is 19.6 Å². The molecule has 1 N–H and O–H groups in total. The predicted molar refractivity (Wildman–Crippen MR) is 129 cm³/mol. The predicted octanol–water partition coefficient (Wildman–Crippen LogP) is 5.70. The van der Waals surface area contributed by atoms with E-state index in [9.17, 15) is 4.39 Å². The summed E-state index contributed by atoms with van der Waals surface area (Å²) in [5.74, 6) is 2.12. The molecule has 166 valence electrons. The van der Waals surface area contributed by atoms with E-state index in [1.807, 2.05) is 31.3 Å². The summed E-state index contributed by atoms with van der Waals surface area (Å²) in [4.78, 5) is 14.0. The van der Waals surface area contributed by atoms with Crippen molar-refractivity contribution in [1.29, 1.82) is 0 Å². The van der Waals surface area contributed by atoms with Crippen molar-refractivity contribution in [1.82, 2.24) is 14.9 Å². The Kier molecular flexibility index (Phi) is 6.67. The van der Waals surface area contributed by atoms with Crippen LogP contribution in [0, 0.1) is 19.7 Å². The summed E-state index contributed by atoms with van der Waals surface area (Å²) in [6.07, 6.45) is 0. The summed E-state index contributed by atoms with van der Waals surface area (Å²) in [7, 11) is 3.72. The van der Waals surface area contributed by atoms with Gasteiger partial charge in [-0.05, 0) is 50.2 Å². The highest BCUT2D eigenvalue weighted by molar-refractivity contribution is 7.18. The molecule has 2 heterocycles. The second-order valence-corrected chi connectivity index (χ2v) is 9.12. The molecule has 0 spiro atoms. The van der Waals surface area contributed by atoms with Crippen LogP contribution in [0.25, 0.3) is 10.2 Å². The van der Waals surface area contributed by atoms with Crippen LogP contribution in [0.1, 0.15) is 27.4 Å². The third kappa shape index (κ3) is 4.89. The summed E-state index contributed by atoms with van der Waals surface area (Å²) in [5, 5.41) is 4.37. The molecule has 0 amide bonds. The van der Waals surface area contributed by atoms with Crippen molar-refractivity contribution < 1.29 is 9.13 Å². The van der Waals surface area contributed by atoms with Gasteiger partial charge in [-0.25, -0.2) is 14.4 Å². The minimum absolute atomic E-state index is 0.221. The van der Waals surface area contributed by atoms with Crippen LogP contribution in [0.2, 0.25) is 0 Å². The van der Waals surface area contributed by atoms with Crippen molar-refractivity contribution >= 4 is 27.4 Å². The van der Waals surface area contributed by atoms with Crippen LogP contribution < -0.4 is 10.1 Å². The first-order valence-electron chi connectivity index (χ1n) is 10.5. The normalized spacial score (nSPS) is 11.3. The third-order valence-electron chi connectivity index (χ3n) is 5.48. The lowest BCUT2D eigenvalue weighted by molar-refractivity contribution is 0.310. The third-order valence-corrected chi connectivity index (χ3v) is 6.58. The summed E-state index contributed by atoms with van der Waals surface area (Å²) < 4.78 is 19.4. The topological polar surface area (TPSA) is 50.3 Å². The minimum atomic E-state index is -0.221. The number of aromatic nitrogens is 2. The fraction of sp³-hybridized carbons (Fsp3) is 0.280. The van der Waals surface area contributed by atoms with Crippen LogP contribution in [-0.4, -0.2) is 29.0 Å². The highest BCUT2D eigenvalue weighted by Gasteiger charge is 2.16. The molecule has 32 heavy (non-hydrogen) atoms. The Hall–Kier alpha value is -3.03. The van der Waals surface area contributed by atoms with Crippen LogP contribution in [0.15, 0.2) is 48.5 Å². The van der Waals surface area contributed by atoms with Gasteiger partial charge in [-0.1, -0.05) is 30.3 Å². The summed E-state index contributed by atoms with van der Waals surface area (Å²) in [6, 6.07) is 14.9. The molecule has 0 aliphatic rings. The van der Waals surface area contributed by atoms with E-state index in [2.05, 4.69) is 30.1 Å². The Morgan fingerprint density at radius 1 is 1.06 bits per heavy atom. The maximum atomic E-state index is 14.1. The Balaban J connectivity index is 1.58. The lowest BCUT2D eigenvalue weighted by Crippen LogP contribution is -2.19. The Labute approximate surface area is 191 Å². The zero-order chi connectivity index (χ0) is 22.7. The zero-order valence-corrected chi connectivity index (χ0v) is 19.6. The molecule has 4 aromatic rings. The van der Waals surface area contributed by atoms with Gasteiger partial charge >= 0.3 is 0 Å². The average molecular weight is 451 g/mol. The molecule has 5 nitrogen and oxygen atoms in total. The first kappa shape index (κ1) is 22.2. The van der Waals surface area contributed by atoms with Gasteiger partial charge in [0.05, 0.1) is 19.0 Å². The molecule has 2 aromatic heterocycles. The van der Waals surface area contributed by atoms with Crippen molar-refractivity contribution in [2.24, 2.45) is 0 Å². The Morgan fingerprint density at radius 3 is 2.66 bits per heavy atom. The maximum Gasteiger partial charge on any atom is 0.146 e. The summed E-state index contributed by atoms with van der Waals surface area (Å²) in [5.41, 5.74) is 2.94. The van der Waals surface area contributed by atoms with E-state index in [-0.39, 0.29) is 5.82 Å². The van der Waals surface area contributed by atoms with Gasteiger partial charge in [0.25, 0.3) is 0 Å². The van der Waals surface area contributed by atoms with Gasteiger partial charge in [0.1, 0.15) is 28.0 Å². The molecule has 0 radical (unpaired) electrons. The van der Waals surface area contributed by atoms with Gasteiger partial charge in [-0.15, -0.1) is 11.3 Å². The van der Waals surface area contributed by atoms with Crippen molar-refractivity contribution in [3.05, 3.63) is 81.7 Å². The maximum absolute atomic E-state index is 14.1. The molecule has 2 aromatic carbocycles. The van der Waals surface area contributed by atoms with Crippen LogP contribution in [0.4, 0.5) is 10.2 Å².